The number of carbonyl (C=O) groups excluding carboxylic acids is 1. The summed E-state index contributed by atoms with van der Waals surface area (Å²) in [7, 11) is 1.82. The van der Waals surface area contributed by atoms with Crippen molar-refractivity contribution in [3.63, 3.8) is 0 Å². The highest BCUT2D eigenvalue weighted by molar-refractivity contribution is 5.79. The third-order valence-electron chi connectivity index (χ3n) is 4.65. The number of nitrogens with one attached hydrogen (secondary N) is 1. The van der Waals surface area contributed by atoms with Gasteiger partial charge in [-0.15, -0.1) is 0 Å². The van der Waals surface area contributed by atoms with Crippen LogP contribution in [0.1, 0.15) is 17.2 Å². The quantitative estimate of drug-likeness (QED) is 0.906. The van der Waals surface area contributed by atoms with E-state index in [1.165, 1.54) is 12.1 Å². The molecule has 1 unspecified atom stereocenters. The molecule has 0 saturated carbocycles. The third kappa shape index (κ3) is 4.44. The lowest BCUT2D eigenvalue weighted by Gasteiger charge is -2.33. The van der Waals surface area contributed by atoms with E-state index in [1.54, 1.807) is 17.0 Å². The topological polar surface area (TPSA) is 35.6 Å². The Morgan fingerprint density at radius 1 is 1.08 bits per heavy atom. The summed E-state index contributed by atoms with van der Waals surface area (Å²) in [6, 6.07) is 16.0. The Morgan fingerprint density at radius 2 is 1.68 bits per heavy atom. The van der Waals surface area contributed by atoms with Crippen LogP contribution in [0.25, 0.3) is 0 Å². The van der Waals surface area contributed by atoms with Gasteiger partial charge in [0.1, 0.15) is 5.82 Å². The number of hydrogen-bond donors (Lipinski definition) is 1. The molecular weight excluding hydrogens is 317 g/mol. The van der Waals surface area contributed by atoms with E-state index >= 15 is 0 Å². The van der Waals surface area contributed by atoms with Gasteiger partial charge in [0.25, 0.3) is 0 Å². The summed E-state index contributed by atoms with van der Waals surface area (Å²) in [4.78, 5) is 16.8. The number of rotatable bonds is 5. The van der Waals surface area contributed by atoms with Crippen LogP contribution >= 0.6 is 0 Å². The Morgan fingerprint density at radius 3 is 2.32 bits per heavy atom. The summed E-state index contributed by atoms with van der Waals surface area (Å²) in [6.45, 7) is 4.00. The molecule has 3 rings (SSSR count). The fourth-order valence-electron chi connectivity index (χ4n) is 3.24. The van der Waals surface area contributed by atoms with Crippen LogP contribution in [0.3, 0.4) is 0 Å². The average Bonchev–Trinajstić information content (AvgIpc) is 2.65. The second-order valence-corrected chi connectivity index (χ2v) is 6.40. The Bertz CT molecular complexity index is 684. The molecule has 5 heteroatoms. The van der Waals surface area contributed by atoms with E-state index < -0.39 is 0 Å². The van der Waals surface area contributed by atoms with Gasteiger partial charge in [-0.25, -0.2) is 4.39 Å². The molecule has 2 aromatic rings. The molecular formula is C20H24FN3O. The van der Waals surface area contributed by atoms with Crippen LogP contribution in [0.15, 0.2) is 54.6 Å². The number of amides is 1. The van der Waals surface area contributed by atoms with E-state index in [9.17, 15) is 9.18 Å². The van der Waals surface area contributed by atoms with E-state index in [1.807, 2.05) is 37.4 Å². The zero-order valence-corrected chi connectivity index (χ0v) is 14.5. The number of piperazine rings is 1. The SMILES string of the molecule is CN(C(=O)CN1CCNCC1)C(c1ccccc1)c1ccc(F)cc1. The van der Waals surface area contributed by atoms with Crippen molar-refractivity contribution in [3.8, 4) is 0 Å². The summed E-state index contributed by atoms with van der Waals surface area (Å²) in [5.74, 6) is -0.203. The van der Waals surface area contributed by atoms with Crippen molar-refractivity contribution in [3.05, 3.63) is 71.5 Å². The third-order valence-corrected chi connectivity index (χ3v) is 4.65. The molecule has 0 aliphatic carbocycles. The maximum absolute atomic E-state index is 13.3. The molecule has 1 fully saturated rings. The molecule has 132 valence electrons. The molecule has 1 aliphatic heterocycles. The maximum Gasteiger partial charge on any atom is 0.237 e. The number of carbonyl (C=O) groups is 1. The van der Waals surface area contributed by atoms with Gasteiger partial charge < -0.3 is 10.2 Å². The highest BCUT2D eigenvalue weighted by Gasteiger charge is 2.25. The largest absolute Gasteiger partial charge is 0.334 e. The lowest BCUT2D eigenvalue weighted by atomic mass is 9.97. The van der Waals surface area contributed by atoms with Gasteiger partial charge in [-0.2, -0.15) is 0 Å². The van der Waals surface area contributed by atoms with Crippen LogP contribution in [-0.2, 0) is 4.79 Å². The van der Waals surface area contributed by atoms with E-state index in [2.05, 4.69) is 10.2 Å². The second kappa shape index (κ2) is 8.23. The fourth-order valence-corrected chi connectivity index (χ4v) is 3.24. The molecule has 4 nitrogen and oxygen atoms in total. The highest BCUT2D eigenvalue weighted by atomic mass is 19.1. The summed E-state index contributed by atoms with van der Waals surface area (Å²) in [6.07, 6.45) is 0. The molecule has 0 aromatic heterocycles. The number of likely N-dealkylation sites (N-methyl/N-ethyl adjacent to an activating group) is 1. The van der Waals surface area contributed by atoms with Crippen molar-refractivity contribution in [2.75, 3.05) is 39.8 Å². The predicted molar refractivity (Wildman–Crippen MR) is 96.8 cm³/mol. The molecule has 1 atom stereocenters. The van der Waals surface area contributed by atoms with Crippen LogP contribution in [0.4, 0.5) is 4.39 Å². The Hall–Kier alpha value is -2.24. The Labute approximate surface area is 148 Å². The normalized spacial score (nSPS) is 16.4. The molecule has 0 radical (unpaired) electrons. The van der Waals surface area contributed by atoms with Crippen LogP contribution in [0, 0.1) is 5.82 Å². The zero-order valence-electron chi connectivity index (χ0n) is 14.5. The van der Waals surface area contributed by atoms with Gasteiger partial charge in [-0.05, 0) is 23.3 Å². The van der Waals surface area contributed by atoms with Crippen molar-refractivity contribution in [2.45, 2.75) is 6.04 Å². The summed E-state index contributed by atoms with van der Waals surface area (Å²) in [5.41, 5.74) is 1.93. The summed E-state index contributed by atoms with van der Waals surface area (Å²) < 4.78 is 13.3. The van der Waals surface area contributed by atoms with E-state index in [0.717, 1.165) is 37.3 Å². The predicted octanol–water partition coefficient (Wildman–Crippen LogP) is 2.28. The van der Waals surface area contributed by atoms with E-state index in [0.29, 0.717) is 6.54 Å². The minimum atomic E-state index is -0.273. The first-order valence-electron chi connectivity index (χ1n) is 8.64. The van der Waals surface area contributed by atoms with Gasteiger partial charge in [0.2, 0.25) is 5.91 Å². The zero-order chi connectivity index (χ0) is 17.6. The molecule has 1 saturated heterocycles. The van der Waals surface area contributed by atoms with E-state index in [-0.39, 0.29) is 17.8 Å². The first kappa shape index (κ1) is 17.6. The Balaban J connectivity index is 1.82. The van der Waals surface area contributed by atoms with Crippen molar-refractivity contribution in [1.82, 2.24) is 15.1 Å². The van der Waals surface area contributed by atoms with Crippen LogP contribution in [-0.4, -0.2) is 55.5 Å². The fraction of sp³-hybridized carbons (Fsp3) is 0.350. The van der Waals surface area contributed by atoms with E-state index in [4.69, 9.17) is 0 Å². The number of benzene rings is 2. The van der Waals surface area contributed by atoms with Crippen molar-refractivity contribution < 1.29 is 9.18 Å². The van der Waals surface area contributed by atoms with Gasteiger partial charge in [0.15, 0.2) is 0 Å². The molecule has 1 heterocycles. The minimum Gasteiger partial charge on any atom is -0.334 e. The molecule has 0 bridgehead atoms. The standard InChI is InChI=1S/C20H24FN3O/c1-23(19(25)15-24-13-11-22-12-14-24)20(16-5-3-2-4-6-16)17-7-9-18(21)10-8-17/h2-10,20,22H,11-15H2,1H3. The first-order chi connectivity index (χ1) is 12.1. The molecule has 2 aromatic carbocycles. The number of halogens is 1. The highest BCUT2D eigenvalue weighted by Crippen LogP contribution is 2.28. The summed E-state index contributed by atoms with van der Waals surface area (Å²) >= 11 is 0. The van der Waals surface area contributed by atoms with Gasteiger partial charge >= 0.3 is 0 Å². The minimum absolute atomic E-state index is 0.0695. The smallest absolute Gasteiger partial charge is 0.237 e. The number of nitrogens with zero attached hydrogens (tertiary/aromatic N) is 2. The second-order valence-electron chi connectivity index (χ2n) is 6.40. The van der Waals surface area contributed by atoms with Gasteiger partial charge in [-0.1, -0.05) is 42.5 Å². The molecule has 1 aliphatic rings. The molecule has 25 heavy (non-hydrogen) atoms. The molecule has 0 spiro atoms. The molecule has 1 N–H and O–H groups in total. The average molecular weight is 341 g/mol. The van der Waals surface area contributed by atoms with Gasteiger partial charge in [-0.3, -0.25) is 9.69 Å². The first-order valence-corrected chi connectivity index (χ1v) is 8.64. The monoisotopic (exact) mass is 341 g/mol. The summed E-state index contributed by atoms with van der Waals surface area (Å²) in [5, 5.41) is 3.29. The lowest BCUT2D eigenvalue weighted by Crippen LogP contribution is -2.48. The van der Waals surface area contributed by atoms with Gasteiger partial charge in [0.05, 0.1) is 12.6 Å². The van der Waals surface area contributed by atoms with Crippen LogP contribution in [0.2, 0.25) is 0 Å². The maximum atomic E-state index is 13.3. The molecule has 1 amide bonds. The van der Waals surface area contributed by atoms with Crippen molar-refractivity contribution in [1.29, 1.82) is 0 Å². The number of hydrogen-bond acceptors (Lipinski definition) is 3. The van der Waals surface area contributed by atoms with Crippen LogP contribution in [0.5, 0.6) is 0 Å². The van der Waals surface area contributed by atoms with Crippen molar-refractivity contribution >= 4 is 5.91 Å². The lowest BCUT2D eigenvalue weighted by molar-refractivity contribution is -0.132. The Kier molecular flexibility index (Phi) is 5.79. The van der Waals surface area contributed by atoms with Crippen molar-refractivity contribution in [2.24, 2.45) is 0 Å². The van der Waals surface area contributed by atoms with Crippen LogP contribution < -0.4 is 5.32 Å². The van der Waals surface area contributed by atoms with Gasteiger partial charge in [0, 0.05) is 33.2 Å².